The predicted octanol–water partition coefficient (Wildman–Crippen LogP) is 2.18. The van der Waals surface area contributed by atoms with Crippen molar-refractivity contribution in [3.8, 4) is 5.75 Å². The minimum Gasteiger partial charge on any atom is -0.490 e. The molecule has 0 spiro atoms. The van der Waals surface area contributed by atoms with Gasteiger partial charge in [-0.25, -0.2) is 0 Å². The summed E-state index contributed by atoms with van der Waals surface area (Å²) in [4.78, 5) is 2.34. The first-order chi connectivity index (χ1) is 8.16. The van der Waals surface area contributed by atoms with Crippen LogP contribution in [-0.2, 0) is 0 Å². The molecule has 2 N–H and O–H groups in total. The lowest BCUT2D eigenvalue weighted by Gasteiger charge is -2.30. The zero-order valence-electron chi connectivity index (χ0n) is 10.7. The maximum absolute atomic E-state index is 6.09. The number of ether oxygens (including phenoxy) is 1. The van der Waals surface area contributed by atoms with Gasteiger partial charge in [0.25, 0.3) is 0 Å². The molecule has 1 aromatic rings. The van der Waals surface area contributed by atoms with Crippen LogP contribution in [0.1, 0.15) is 31.4 Å². The van der Waals surface area contributed by atoms with Gasteiger partial charge in [0.2, 0.25) is 0 Å². The molecule has 2 rings (SSSR count). The summed E-state index contributed by atoms with van der Waals surface area (Å²) in [6.07, 6.45) is 2.54. The van der Waals surface area contributed by atoms with E-state index in [-0.39, 0.29) is 6.04 Å². The Morgan fingerprint density at radius 2 is 1.94 bits per heavy atom. The van der Waals surface area contributed by atoms with E-state index in [2.05, 4.69) is 18.0 Å². The fraction of sp³-hybridized carbons (Fsp3) is 0.571. The second-order valence-corrected chi connectivity index (χ2v) is 4.95. The molecular formula is C14H22N2O. The molecule has 0 bridgehead atoms. The van der Waals surface area contributed by atoms with Crippen LogP contribution < -0.4 is 10.5 Å². The number of nitrogens with zero attached hydrogens (tertiary/aromatic N) is 1. The van der Waals surface area contributed by atoms with Crippen LogP contribution in [0.4, 0.5) is 0 Å². The van der Waals surface area contributed by atoms with E-state index in [1.54, 1.807) is 0 Å². The molecular weight excluding hydrogens is 212 g/mol. The molecule has 3 nitrogen and oxygen atoms in total. The van der Waals surface area contributed by atoms with Crippen molar-refractivity contribution in [1.29, 1.82) is 0 Å². The Bertz CT molecular complexity index is 357. The molecule has 0 amide bonds. The summed E-state index contributed by atoms with van der Waals surface area (Å²) in [6.45, 7) is 4.23. The number of hydrogen-bond acceptors (Lipinski definition) is 3. The lowest BCUT2D eigenvalue weighted by Crippen LogP contribution is -2.35. The van der Waals surface area contributed by atoms with Crippen LogP contribution in [0.15, 0.2) is 24.3 Å². The van der Waals surface area contributed by atoms with Gasteiger partial charge in [-0.05, 0) is 32.9 Å². The molecule has 0 saturated carbocycles. The number of para-hydroxylation sites is 1. The molecule has 3 heteroatoms. The molecule has 0 aliphatic carbocycles. The minimum atomic E-state index is 0.0254. The largest absolute Gasteiger partial charge is 0.490 e. The Morgan fingerprint density at radius 3 is 2.59 bits per heavy atom. The smallest absolute Gasteiger partial charge is 0.124 e. The SMILES string of the molecule is C[C@@H](N)c1ccccc1OC1CCN(C)CC1. The first-order valence-electron chi connectivity index (χ1n) is 6.36. The van der Waals surface area contributed by atoms with Crippen molar-refractivity contribution < 1.29 is 4.74 Å². The summed E-state index contributed by atoms with van der Waals surface area (Å²) in [6, 6.07) is 8.12. The highest BCUT2D eigenvalue weighted by molar-refractivity contribution is 5.35. The van der Waals surface area contributed by atoms with Crippen molar-refractivity contribution in [2.75, 3.05) is 20.1 Å². The quantitative estimate of drug-likeness (QED) is 0.871. The molecule has 0 radical (unpaired) electrons. The number of piperidine rings is 1. The van der Waals surface area contributed by atoms with Gasteiger partial charge in [0.05, 0.1) is 0 Å². The van der Waals surface area contributed by atoms with Crippen LogP contribution in [0.3, 0.4) is 0 Å². The van der Waals surface area contributed by atoms with Gasteiger partial charge in [-0.1, -0.05) is 18.2 Å². The van der Waals surface area contributed by atoms with Crippen molar-refractivity contribution in [1.82, 2.24) is 4.90 Å². The van der Waals surface area contributed by atoms with Crippen molar-refractivity contribution in [2.45, 2.75) is 31.9 Å². The lowest BCUT2D eigenvalue weighted by atomic mass is 10.1. The number of benzene rings is 1. The highest BCUT2D eigenvalue weighted by atomic mass is 16.5. The number of nitrogens with two attached hydrogens (primary N) is 1. The van der Waals surface area contributed by atoms with Gasteiger partial charge in [-0.2, -0.15) is 0 Å². The Kier molecular flexibility index (Phi) is 4.02. The molecule has 17 heavy (non-hydrogen) atoms. The van der Waals surface area contributed by atoms with Gasteiger partial charge >= 0.3 is 0 Å². The van der Waals surface area contributed by atoms with E-state index in [9.17, 15) is 0 Å². The van der Waals surface area contributed by atoms with E-state index in [4.69, 9.17) is 10.5 Å². The van der Waals surface area contributed by atoms with Gasteiger partial charge in [-0.15, -0.1) is 0 Å². The maximum Gasteiger partial charge on any atom is 0.124 e. The zero-order valence-corrected chi connectivity index (χ0v) is 10.7. The molecule has 0 unspecified atom stereocenters. The monoisotopic (exact) mass is 234 g/mol. The maximum atomic E-state index is 6.09. The fourth-order valence-electron chi connectivity index (χ4n) is 2.25. The predicted molar refractivity (Wildman–Crippen MR) is 70.2 cm³/mol. The fourth-order valence-corrected chi connectivity index (χ4v) is 2.25. The summed E-state index contributed by atoms with van der Waals surface area (Å²) >= 11 is 0. The van der Waals surface area contributed by atoms with Crippen LogP contribution in [-0.4, -0.2) is 31.1 Å². The van der Waals surface area contributed by atoms with Crippen LogP contribution in [0.2, 0.25) is 0 Å². The van der Waals surface area contributed by atoms with Crippen molar-refractivity contribution in [3.05, 3.63) is 29.8 Å². The Morgan fingerprint density at radius 1 is 1.29 bits per heavy atom. The van der Waals surface area contributed by atoms with E-state index in [0.29, 0.717) is 6.10 Å². The lowest BCUT2D eigenvalue weighted by molar-refractivity contribution is 0.113. The van der Waals surface area contributed by atoms with Crippen LogP contribution in [0, 0.1) is 0 Å². The normalized spacial score (nSPS) is 20.2. The molecule has 1 heterocycles. The van der Waals surface area contributed by atoms with Gasteiger partial charge in [-0.3, -0.25) is 0 Å². The highest BCUT2D eigenvalue weighted by Crippen LogP contribution is 2.26. The summed E-state index contributed by atoms with van der Waals surface area (Å²) < 4.78 is 6.09. The van der Waals surface area contributed by atoms with Gasteiger partial charge < -0.3 is 15.4 Å². The Hall–Kier alpha value is -1.06. The molecule has 94 valence electrons. The first-order valence-corrected chi connectivity index (χ1v) is 6.36. The highest BCUT2D eigenvalue weighted by Gasteiger charge is 2.19. The third kappa shape index (κ3) is 3.20. The summed E-state index contributed by atoms with van der Waals surface area (Å²) in [5.41, 5.74) is 7.06. The third-order valence-corrected chi connectivity index (χ3v) is 3.37. The first kappa shape index (κ1) is 12.4. The molecule has 1 aliphatic heterocycles. The van der Waals surface area contributed by atoms with Gasteiger partial charge in [0, 0.05) is 24.7 Å². The van der Waals surface area contributed by atoms with Crippen molar-refractivity contribution >= 4 is 0 Å². The summed E-state index contributed by atoms with van der Waals surface area (Å²) in [7, 11) is 2.16. The topological polar surface area (TPSA) is 38.5 Å². The van der Waals surface area contributed by atoms with E-state index in [1.807, 2.05) is 25.1 Å². The standard InChI is InChI=1S/C14H22N2O/c1-11(15)13-5-3-4-6-14(13)17-12-7-9-16(2)10-8-12/h3-6,11-12H,7-10,15H2,1-2H3/t11-/m1/s1. The Balaban J connectivity index is 2.03. The molecule has 1 aliphatic rings. The van der Waals surface area contributed by atoms with Crippen LogP contribution in [0.25, 0.3) is 0 Å². The van der Waals surface area contributed by atoms with E-state index >= 15 is 0 Å². The molecule has 1 saturated heterocycles. The molecule has 1 fully saturated rings. The second-order valence-electron chi connectivity index (χ2n) is 4.95. The zero-order chi connectivity index (χ0) is 12.3. The molecule has 1 atom stereocenters. The third-order valence-electron chi connectivity index (χ3n) is 3.37. The molecule has 1 aromatic carbocycles. The van der Waals surface area contributed by atoms with Crippen molar-refractivity contribution in [3.63, 3.8) is 0 Å². The number of likely N-dealkylation sites (tertiary alicyclic amines) is 1. The Labute approximate surface area is 104 Å². The second kappa shape index (κ2) is 5.52. The van der Waals surface area contributed by atoms with E-state index in [1.165, 1.54) is 0 Å². The minimum absolute atomic E-state index is 0.0254. The number of hydrogen-bond donors (Lipinski definition) is 1. The molecule has 0 aromatic heterocycles. The van der Waals surface area contributed by atoms with Crippen LogP contribution in [0.5, 0.6) is 5.75 Å². The average molecular weight is 234 g/mol. The van der Waals surface area contributed by atoms with Gasteiger partial charge in [0.1, 0.15) is 11.9 Å². The van der Waals surface area contributed by atoms with E-state index < -0.39 is 0 Å². The average Bonchev–Trinajstić information content (AvgIpc) is 2.32. The number of rotatable bonds is 3. The summed E-state index contributed by atoms with van der Waals surface area (Å²) in [5.74, 6) is 0.956. The van der Waals surface area contributed by atoms with Crippen molar-refractivity contribution in [2.24, 2.45) is 5.73 Å². The van der Waals surface area contributed by atoms with E-state index in [0.717, 1.165) is 37.2 Å². The summed E-state index contributed by atoms with van der Waals surface area (Å²) in [5, 5.41) is 0. The van der Waals surface area contributed by atoms with Crippen LogP contribution >= 0.6 is 0 Å². The van der Waals surface area contributed by atoms with Gasteiger partial charge in [0.15, 0.2) is 0 Å².